The van der Waals surface area contributed by atoms with Gasteiger partial charge in [0.2, 0.25) is 0 Å². The molecule has 0 spiro atoms. The maximum Gasteiger partial charge on any atom is 0.407 e. The van der Waals surface area contributed by atoms with E-state index in [4.69, 9.17) is 4.74 Å². The molecule has 0 atom stereocenters. The van der Waals surface area contributed by atoms with Crippen molar-refractivity contribution in [2.45, 2.75) is 13.8 Å². The third-order valence-corrected chi connectivity index (χ3v) is 2.11. The van der Waals surface area contributed by atoms with Gasteiger partial charge in [0.05, 0.1) is 13.2 Å². The molecule has 4 heteroatoms. The molecule has 0 aliphatic rings. The van der Waals surface area contributed by atoms with Gasteiger partial charge in [0, 0.05) is 0 Å². The summed E-state index contributed by atoms with van der Waals surface area (Å²) in [4.78, 5) is 10.9. The zero-order valence-corrected chi connectivity index (χ0v) is 10.7. The minimum Gasteiger partial charge on any atom is -0.481 e. The van der Waals surface area contributed by atoms with Gasteiger partial charge in [0.15, 0.2) is 0 Å². The van der Waals surface area contributed by atoms with Gasteiger partial charge in [-0.3, -0.25) is 0 Å². The Bertz CT molecular complexity index is 446. The molecule has 1 N–H and O–H groups in total. The smallest absolute Gasteiger partial charge is 0.407 e. The number of carbonyl (C=O) groups is 1. The van der Waals surface area contributed by atoms with Crippen molar-refractivity contribution in [1.82, 2.24) is 5.32 Å². The molecule has 0 fully saturated rings. The number of para-hydroxylation sites is 1. The molecule has 0 aliphatic carbocycles. The Labute approximate surface area is 107 Å². The SMILES string of the molecule is CCOC(=O)NCC#CCOc1ccccc1C. The van der Waals surface area contributed by atoms with Crippen LogP contribution in [0.25, 0.3) is 0 Å². The first-order valence-corrected chi connectivity index (χ1v) is 5.78. The topological polar surface area (TPSA) is 47.6 Å². The maximum absolute atomic E-state index is 10.9. The summed E-state index contributed by atoms with van der Waals surface area (Å²) in [5.74, 6) is 6.42. The number of benzene rings is 1. The van der Waals surface area contributed by atoms with Crippen LogP contribution in [-0.4, -0.2) is 25.9 Å². The van der Waals surface area contributed by atoms with Crippen molar-refractivity contribution in [1.29, 1.82) is 0 Å². The standard InChI is InChI=1S/C14H17NO3/c1-3-17-14(16)15-10-6-7-11-18-13-9-5-4-8-12(13)2/h4-5,8-9H,3,10-11H2,1-2H3,(H,15,16). The van der Waals surface area contributed by atoms with Crippen molar-refractivity contribution in [3.63, 3.8) is 0 Å². The number of rotatable bonds is 4. The van der Waals surface area contributed by atoms with Gasteiger partial charge in [-0.25, -0.2) is 4.79 Å². The van der Waals surface area contributed by atoms with Crippen LogP contribution in [0.2, 0.25) is 0 Å². The number of nitrogens with one attached hydrogen (secondary N) is 1. The molecule has 0 bridgehead atoms. The Morgan fingerprint density at radius 1 is 1.33 bits per heavy atom. The fourth-order valence-electron chi connectivity index (χ4n) is 1.24. The van der Waals surface area contributed by atoms with Crippen LogP contribution in [0.3, 0.4) is 0 Å². The number of alkyl carbamates (subject to hydrolysis) is 1. The average Bonchev–Trinajstić information content (AvgIpc) is 2.36. The highest BCUT2D eigenvalue weighted by Gasteiger charge is 1.96. The molecule has 0 saturated carbocycles. The van der Waals surface area contributed by atoms with E-state index in [0.717, 1.165) is 11.3 Å². The molecule has 1 amide bonds. The quantitative estimate of drug-likeness (QED) is 0.829. The summed E-state index contributed by atoms with van der Waals surface area (Å²) < 4.78 is 10.2. The number of hydrogen-bond donors (Lipinski definition) is 1. The monoisotopic (exact) mass is 247 g/mol. The second kappa shape index (κ2) is 8.02. The summed E-state index contributed by atoms with van der Waals surface area (Å²) in [6.07, 6.45) is -0.452. The molecule has 96 valence electrons. The highest BCUT2D eigenvalue weighted by Crippen LogP contribution is 2.15. The highest BCUT2D eigenvalue weighted by molar-refractivity contribution is 5.67. The molecular formula is C14H17NO3. The first kappa shape index (κ1) is 13.9. The lowest BCUT2D eigenvalue weighted by molar-refractivity contribution is 0.153. The van der Waals surface area contributed by atoms with Crippen molar-refractivity contribution in [3.05, 3.63) is 29.8 Å². The van der Waals surface area contributed by atoms with Gasteiger partial charge in [-0.2, -0.15) is 0 Å². The minimum atomic E-state index is -0.452. The summed E-state index contributed by atoms with van der Waals surface area (Å²) in [6.45, 7) is 4.65. The third kappa shape index (κ3) is 5.26. The summed E-state index contributed by atoms with van der Waals surface area (Å²) >= 11 is 0. The van der Waals surface area contributed by atoms with E-state index in [1.165, 1.54) is 0 Å². The van der Waals surface area contributed by atoms with Gasteiger partial charge in [-0.15, -0.1) is 0 Å². The van der Waals surface area contributed by atoms with Gasteiger partial charge in [-0.05, 0) is 25.5 Å². The Balaban J connectivity index is 2.22. The fraction of sp³-hybridized carbons (Fsp3) is 0.357. The summed E-state index contributed by atoms with van der Waals surface area (Å²) in [6, 6.07) is 7.74. The number of carbonyl (C=O) groups excluding carboxylic acids is 1. The van der Waals surface area contributed by atoms with Crippen LogP contribution >= 0.6 is 0 Å². The van der Waals surface area contributed by atoms with Crippen molar-refractivity contribution in [2.24, 2.45) is 0 Å². The van der Waals surface area contributed by atoms with Crippen LogP contribution in [0.1, 0.15) is 12.5 Å². The van der Waals surface area contributed by atoms with Crippen molar-refractivity contribution in [2.75, 3.05) is 19.8 Å². The molecule has 0 aliphatic heterocycles. The van der Waals surface area contributed by atoms with Crippen LogP contribution in [0, 0.1) is 18.8 Å². The molecule has 0 saturated heterocycles. The highest BCUT2D eigenvalue weighted by atomic mass is 16.5. The Hall–Kier alpha value is -2.15. The van der Waals surface area contributed by atoms with Crippen LogP contribution < -0.4 is 10.1 Å². The molecule has 0 unspecified atom stereocenters. The number of aryl methyl sites for hydroxylation is 1. The molecule has 0 heterocycles. The van der Waals surface area contributed by atoms with Crippen LogP contribution in [0.15, 0.2) is 24.3 Å². The van der Waals surface area contributed by atoms with E-state index in [9.17, 15) is 4.79 Å². The second-order valence-corrected chi connectivity index (χ2v) is 3.48. The Morgan fingerprint density at radius 3 is 2.83 bits per heavy atom. The average molecular weight is 247 g/mol. The predicted octanol–water partition coefficient (Wildman–Crippen LogP) is 2.12. The third-order valence-electron chi connectivity index (χ3n) is 2.11. The largest absolute Gasteiger partial charge is 0.481 e. The van der Waals surface area contributed by atoms with Crippen molar-refractivity contribution >= 4 is 6.09 Å². The van der Waals surface area contributed by atoms with E-state index in [-0.39, 0.29) is 6.54 Å². The number of hydrogen-bond acceptors (Lipinski definition) is 3. The van der Waals surface area contributed by atoms with Gasteiger partial charge in [-0.1, -0.05) is 30.0 Å². The van der Waals surface area contributed by atoms with E-state index in [2.05, 4.69) is 21.9 Å². The lowest BCUT2D eigenvalue weighted by Crippen LogP contribution is -2.24. The van der Waals surface area contributed by atoms with E-state index < -0.39 is 6.09 Å². The molecule has 1 aromatic rings. The molecule has 0 aromatic heterocycles. The molecular weight excluding hydrogens is 230 g/mol. The summed E-state index contributed by atoms with van der Waals surface area (Å²) in [7, 11) is 0. The predicted molar refractivity (Wildman–Crippen MR) is 69.5 cm³/mol. The van der Waals surface area contributed by atoms with Gasteiger partial charge in [0.25, 0.3) is 0 Å². The first-order chi connectivity index (χ1) is 8.74. The first-order valence-electron chi connectivity index (χ1n) is 5.78. The van der Waals surface area contributed by atoms with E-state index in [1.54, 1.807) is 6.92 Å². The van der Waals surface area contributed by atoms with E-state index in [1.807, 2.05) is 31.2 Å². The molecule has 18 heavy (non-hydrogen) atoms. The van der Waals surface area contributed by atoms with E-state index >= 15 is 0 Å². The normalized spacial score (nSPS) is 9.00. The van der Waals surface area contributed by atoms with Crippen LogP contribution in [-0.2, 0) is 4.74 Å². The van der Waals surface area contributed by atoms with Gasteiger partial charge in [0.1, 0.15) is 12.4 Å². The number of amides is 1. The molecule has 0 radical (unpaired) electrons. The lowest BCUT2D eigenvalue weighted by atomic mass is 10.2. The zero-order valence-electron chi connectivity index (χ0n) is 10.7. The van der Waals surface area contributed by atoms with Gasteiger partial charge < -0.3 is 14.8 Å². The Kier molecular flexibility index (Phi) is 6.20. The minimum absolute atomic E-state index is 0.260. The lowest BCUT2D eigenvalue weighted by Gasteiger charge is -2.04. The molecule has 1 aromatic carbocycles. The van der Waals surface area contributed by atoms with E-state index in [0.29, 0.717) is 13.2 Å². The zero-order chi connectivity index (χ0) is 13.2. The maximum atomic E-state index is 10.9. The second-order valence-electron chi connectivity index (χ2n) is 3.48. The fourth-order valence-corrected chi connectivity index (χ4v) is 1.24. The summed E-state index contributed by atoms with van der Waals surface area (Å²) in [5.41, 5.74) is 1.07. The van der Waals surface area contributed by atoms with Crippen LogP contribution in [0.4, 0.5) is 4.79 Å². The summed E-state index contributed by atoms with van der Waals surface area (Å²) in [5, 5.41) is 2.50. The van der Waals surface area contributed by atoms with Gasteiger partial charge >= 0.3 is 6.09 Å². The molecule has 1 rings (SSSR count). The number of ether oxygens (including phenoxy) is 2. The molecule has 4 nitrogen and oxygen atoms in total. The van der Waals surface area contributed by atoms with Crippen LogP contribution in [0.5, 0.6) is 5.75 Å². The van der Waals surface area contributed by atoms with Crippen molar-refractivity contribution in [3.8, 4) is 17.6 Å². The van der Waals surface area contributed by atoms with Crippen molar-refractivity contribution < 1.29 is 14.3 Å². The Morgan fingerprint density at radius 2 is 2.11 bits per heavy atom.